The monoisotopic (exact) mass is 372 g/mol. The van der Waals surface area contributed by atoms with Crippen molar-refractivity contribution in [3.05, 3.63) is 63.6 Å². The lowest BCUT2D eigenvalue weighted by atomic mass is 10.1. The summed E-state index contributed by atoms with van der Waals surface area (Å²) in [5.41, 5.74) is -0.333. The average molecular weight is 372 g/mol. The predicted molar refractivity (Wildman–Crippen MR) is 100 cm³/mol. The van der Waals surface area contributed by atoms with Gasteiger partial charge in [-0.3, -0.25) is 4.79 Å². The zero-order valence-electron chi connectivity index (χ0n) is 13.8. The highest BCUT2D eigenvalue weighted by Crippen LogP contribution is 2.40. The smallest absolute Gasteiger partial charge is 0.194 e. The topological polar surface area (TPSA) is 35.5 Å². The molecule has 0 amide bonds. The van der Waals surface area contributed by atoms with Crippen LogP contribution in [0.2, 0.25) is 0 Å². The van der Waals surface area contributed by atoms with Gasteiger partial charge in [0.25, 0.3) is 0 Å². The molecule has 6 heteroatoms. The Morgan fingerprint density at radius 1 is 0.962 bits per heavy atom. The summed E-state index contributed by atoms with van der Waals surface area (Å²) in [5, 5.41) is 3.40. The maximum Gasteiger partial charge on any atom is 0.194 e. The van der Waals surface area contributed by atoms with Gasteiger partial charge in [-0.1, -0.05) is 24.3 Å². The minimum absolute atomic E-state index is 0.0464. The molecule has 0 aliphatic carbocycles. The van der Waals surface area contributed by atoms with Crippen LogP contribution in [-0.2, 0) is 4.74 Å². The minimum atomic E-state index is -1.04. The number of hydrogen-bond acceptors (Lipinski definition) is 4. The summed E-state index contributed by atoms with van der Waals surface area (Å²) in [7, 11) is 1.55. The standard InChI is InChI=1S/C20H14F2O3S/c1-24-8-9-25-15-10-26-20-12-5-3-2-4-11(12)19(23)13-6-7-14(21)18(22)16(13)17(15)20/h2-7,10H,8-9H2,1H3. The molecule has 0 unspecified atom stereocenters. The molecule has 0 bridgehead atoms. The van der Waals surface area contributed by atoms with Crippen LogP contribution in [0.1, 0.15) is 0 Å². The molecule has 0 saturated heterocycles. The summed E-state index contributed by atoms with van der Waals surface area (Å²) in [4.78, 5) is 13.0. The Morgan fingerprint density at radius 3 is 2.50 bits per heavy atom. The second kappa shape index (κ2) is 6.63. The molecule has 1 heterocycles. The van der Waals surface area contributed by atoms with Gasteiger partial charge >= 0.3 is 0 Å². The van der Waals surface area contributed by atoms with Gasteiger partial charge in [0.2, 0.25) is 0 Å². The molecular weight excluding hydrogens is 358 g/mol. The van der Waals surface area contributed by atoms with Gasteiger partial charge in [0.1, 0.15) is 12.4 Å². The molecule has 0 saturated carbocycles. The Hall–Kier alpha value is -2.57. The van der Waals surface area contributed by atoms with E-state index < -0.39 is 11.6 Å². The molecular formula is C20H14F2O3S. The van der Waals surface area contributed by atoms with E-state index in [1.165, 1.54) is 17.4 Å². The minimum Gasteiger partial charge on any atom is -0.490 e. The van der Waals surface area contributed by atoms with Gasteiger partial charge in [0.15, 0.2) is 17.1 Å². The van der Waals surface area contributed by atoms with Gasteiger partial charge in [-0.25, -0.2) is 8.78 Å². The van der Waals surface area contributed by atoms with Crippen molar-refractivity contribution in [3.63, 3.8) is 0 Å². The van der Waals surface area contributed by atoms with E-state index in [4.69, 9.17) is 9.47 Å². The third-order valence-corrected chi connectivity index (χ3v) is 5.30. The van der Waals surface area contributed by atoms with Crippen molar-refractivity contribution in [1.29, 1.82) is 0 Å². The third kappa shape index (κ3) is 2.53. The first-order chi connectivity index (χ1) is 12.6. The van der Waals surface area contributed by atoms with Crippen LogP contribution in [0, 0.1) is 11.6 Å². The third-order valence-electron chi connectivity index (χ3n) is 4.31. The Labute approximate surface area is 151 Å². The number of hydrogen-bond donors (Lipinski definition) is 0. The van der Waals surface area contributed by atoms with Crippen molar-refractivity contribution >= 4 is 43.0 Å². The van der Waals surface area contributed by atoms with E-state index in [2.05, 4.69) is 0 Å². The highest BCUT2D eigenvalue weighted by molar-refractivity contribution is 7.18. The zero-order valence-corrected chi connectivity index (χ0v) is 14.7. The molecule has 0 aliphatic heterocycles. The fourth-order valence-corrected chi connectivity index (χ4v) is 4.16. The van der Waals surface area contributed by atoms with Crippen LogP contribution < -0.4 is 10.2 Å². The molecule has 0 spiro atoms. The largest absolute Gasteiger partial charge is 0.490 e. The Balaban J connectivity index is 2.25. The number of thiophene rings is 1. The summed E-state index contributed by atoms with van der Waals surface area (Å²) in [6, 6.07) is 9.39. The molecule has 132 valence electrons. The maximum absolute atomic E-state index is 14.8. The van der Waals surface area contributed by atoms with E-state index in [-0.39, 0.29) is 22.8 Å². The number of fused-ring (bicyclic) bond motifs is 5. The fraction of sp³-hybridized carbons (Fsp3) is 0.150. The first-order valence-corrected chi connectivity index (χ1v) is 8.87. The summed E-state index contributed by atoms with van der Waals surface area (Å²) in [5.74, 6) is -1.63. The van der Waals surface area contributed by atoms with E-state index in [1.54, 1.807) is 24.6 Å². The van der Waals surface area contributed by atoms with Crippen molar-refractivity contribution in [2.24, 2.45) is 0 Å². The quantitative estimate of drug-likeness (QED) is 0.480. The molecule has 1 aromatic heterocycles. The molecule has 26 heavy (non-hydrogen) atoms. The zero-order chi connectivity index (χ0) is 18.3. The van der Waals surface area contributed by atoms with Crippen molar-refractivity contribution in [3.8, 4) is 5.75 Å². The number of ether oxygens (including phenoxy) is 2. The van der Waals surface area contributed by atoms with Crippen molar-refractivity contribution in [2.75, 3.05) is 20.3 Å². The molecule has 3 nitrogen and oxygen atoms in total. The molecule has 3 aromatic carbocycles. The Bertz CT molecular complexity index is 1200. The highest BCUT2D eigenvalue weighted by Gasteiger charge is 2.19. The maximum atomic E-state index is 14.8. The van der Waals surface area contributed by atoms with Crippen LogP contribution in [0.3, 0.4) is 0 Å². The van der Waals surface area contributed by atoms with Crippen LogP contribution in [0.5, 0.6) is 5.75 Å². The molecule has 0 atom stereocenters. The van der Waals surface area contributed by atoms with Gasteiger partial charge in [-0.15, -0.1) is 11.3 Å². The summed E-state index contributed by atoms with van der Waals surface area (Å²) in [6.45, 7) is 0.625. The van der Waals surface area contributed by atoms with Gasteiger partial charge in [-0.2, -0.15) is 0 Å². The van der Waals surface area contributed by atoms with Crippen molar-refractivity contribution < 1.29 is 18.3 Å². The van der Waals surface area contributed by atoms with E-state index in [9.17, 15) is 13.6 Å². The van der Waals surface area contributed by atoms with Crippen LogP contribution in [-0.4, -0.2) is 20.3 Å². The van der Waals surface area contributed by atoms with Crippen LogP contribution >= 0.6 is 11.3 Å². The van der Waals surface area contributed by atoms with Gasteiger partial charge in [-0.05, 0) is 12.1 Å². The molecule has 0 aliphatic rings. The van der Waals surface area contributed by atoms with Crippen molar-refractivity contribution in [2.45, 2.75) is 0 Å². The summed E-state index contributed by atoms with van der Waals surface area (Å²) >= 11 is 1.34. The van der Waals surface area contributed by atoms with Gasteiger partial charge < -0.3 is 9.47 Å². The lowest BCUT2D eigenvalue weighted by Crippen LogP contribution is -2.04. The van der Waals surface area contributed by atoms with Gasteiger partial charge in [0, 0.05) is 44.1 Å². The fourth-order valence-electron chi connectivity index (χ4n) is 3.13. The molecule has 0 radical (unpaired) electrons. The van der Waals surface area contributed by atoms with E-state index in [0.29, 0.717) is 33.2 Å². The van der Waals surface area contributed by atoms with Crippen molar-refractivity contribution in [1.82, 2.24) is 0 Å². The van der Waals surface area contributed by atoms with Crippen LogP contribution in [0.25, 0.3) is 31.6 Å². The van der Waals surface area contributed by atoms with E-state index >= 15 is 0 Å². The average Bonchev–Trinajstić information content (AvgIpc) is 3.02. The first kappa shape index (κ1) is 16.9. The first-order valence-electron chi connectivity index (χ1n) is 7.99. The van der Waals surface area contributed by atoms with Gasteiger partial charge in [0.05, 0.1) is 6.61 Å². The molecule has 0 N–H and O–H groups in total. The summed E-state index contributed by atoms with van der Waals surface area (Å²) in [6.07, 6.45) is 0. The summed E-state index contributed by atoms with van der Waals surface area (Å²) < 4.78 is 40.2. The number of benzene rings is 2. The predicted octanol–water partition coefficient (Wildman–Crippen LogP) is 4.87. The lowest BCUT2D eigenvalue weighted by Gasteiger charge is -2.05. The van der Waals surface area contributed by atoms with Crippen LogP contribution in [0.15, 0.2) is 46.6 Å². The number of rotatable bonds is 4. The SMILES string of the molecule is COCCOc1csc2c3ccccc3c(=O)c3ccc(F)c(F)c3c12. The normalized spacial score (nSPS) is 11.5. The Morgan fingerprint density at radius 2 is 1.73 bits per heavy atom. The second-order valence-corrected chi connectivity index (χ2v) is 6.68. The second-order valence-electron chi connectivity index (χ2n) is 5.80. The lowest BCUT2D eigenvalue weighted by molar-refractivity contribution is 0.147. The molecule has 0 fully saturated rings. The highest BCUT2D eigenvalue weighted by atomic mass is 32.1. The number of methoxy groups -OCH3 is 1. The number of halogens is 2. The van der Waals surface area contributed by atoms with Crippen LogP contribution in [0.4, 0.5) is 8.78 Å². The van der Waals surface area contributed by atoms with E-state index in [0.717, 1.165) is 6.07 Å². The molecule has 4 rings (SSSR count). The Kier molecular flexibility index (Phi) is 4.30. The molecule has 4 aromatic rings. The van der Waals surface area contributed by atoms with E-state index in [1.807, 2.05) is 12.1 Å².